The van der Waals surface area contributed by atoms with Gasteiger partial charge in [-0.1, -0.05) is 27.0 Å². The molecule has 14 aliphatic rings. The van der Waals surface area contributed by atoms with Gasteiger partial charge >= 0.3 is 11.9 Å². The standard InChI is InChI=1S/C58H82O18/c1-28-18-32-6-9-36-29(2)19-35(63-36)12-15-56-16-14-40(72-56)53-54(62-5)55(76-56)52-38(70-53)10-7-34(66-52)21-50(61)69-45-23-43-44(67-42(45)22-41(64-32)31(28)4)24-46-47(68-43)26-58(74-46)27-48-37(71-58)13-17-57(75-48)25-30(3)51-39(73-57)11-8-33(65-51)20-49(59)60/h28,30,32-48,51-55H,2,4,6-27H2,1,3,5H3,(H,59,60)/t28-,30+,32+,33+,34-,35+,36+,37+,38+,39+,40?,41-,42+,43?,44+,45-,46-,47?,48+,51+,52+,53+,54-,55+,56+,57+,58+/m1/s1. The summed E-state index contributed by atoms with van der Waals surface area (Å²) >= 11 is 0. The first-order valence-electron chi connectivity index (χ1n) is 29.6. The Labute approximate surface area is 446 Å². The third-order valence-corrected chi connectivity index (χ3v) is 20.7. The van der Waals surface area contributed by atoms with Crippen LogP contribution in [0.2, 0.25) is 0 Å². The molecule has 0 aromatic carbocycles. The molecule has 18 heteroatoms. The van der Waals surface area contributed by atoms with E-state index >= 15 is 0 Å². The Bertz CT molecular complexity index is 2230. The summed E-state index contributed by atoms with van der Waals surface area (Å²) in [4.78, 5) is 25.9. The molecular weight excluding hydrogens is 985 g/mol. The Morgan fingerprint density at radius 2 is 1.21 bits per heavy atom. The van der Waals surface area contributed by atoms with Gasteiger partial charge in [0.1, 0.15) is 30.5 Å². The third kappa shape index (κ3) is 9.60. The lowest BCUT2D eigenvalue weighted by atomic mass is 9.81. The number of hydrogen-bond acceptors (Lipinski definition) is 17. The van der Waals surface area contributed by atoms with E-state index in [-0.39, 0.29) is 134 Å². The number of aliphatic carboxylic acids is 1. The minimum Gasteiger partial charge on any atom is -0.481 e. The minimum absolute atomic E-state index is 0.00550. The molecule has 14 aliphatic heterocycles. The number of esters is 1. The van der Waals surface area contributed by atoms with E-state index in [0.717, 1.165) is 68.9 Å². The summed E-state index contributed by atoms with van der Waals surface area (Å²) in [5.74, 6) is -3.23. The third-order valence-electron chi connectivity index (χ3n) is 20.7. The molecule has 0 amide bonds. The minimum atomic E-state index is -0.870. The molecular formula is C58H82O18. The lowest BCUT2D eigenvalue weighted by Crippen LogP contribution is -2.64. The molecule has 14 saturated heterocycles. The number of carbonyl (C=O) groups is 2. The van der Waals surface area contributed by atoms with E-state index in [1.807, 2.05) is 0 Å². The zero-order valence-electron chi connectivity index (χ0n) is 44.7. The Morgan fingerprint density at radius 3 is 2.07 bits per heavy atom. The fraction of sp³-hybridized carbons (Fsp3) is 0.897. The van der Waals surface area contributed by atoms with Gasteiger partial charge in [0.05, 0.1) is 117 Å². The molecule has 14 heterocycles. The second-order valence-corrected chi connectivity index (χ2v) is 25.8. The maximum absolute atomic E-state index is 14.4. The maximum atomic E-state index is 14.4. The van der Waals surface area contributed by atoms with Crippen molar-refractivity contribution in [1.29, 1.82) is 0 Å². The SMILES string of the molecule is C=C1C[C@@H]2CC[C@]34CCC(O3)[C@@H]3O[C@H]5CC[C@H](CC(=O)O[C@@H]6CC7OC8C[C@@]9(C[C@@H]%10O[C@@]%11(CC[C@@H]%10O9)C[C@H](C)[C@@H]9O[C@H](CC(=O)O)CC[C@@H]9O%11)O[C@@H]8C[C@@H]7O[C@H]6C[C@H]6O[C@@H](CC[C@@H]1O2)C[C@@H](C)C6=C)O[C@@H]5[C@H](O4)[C@@H]3OC. The van der Waals surface area contributed by atoms with Gasteiger partial charge in [-0.2, -0.15) is 0 Å². The van der Waals surface area contributed by atoms with Gasteiger partial charge in [-0.25, -0.2) is 0 Å². The average molecular weight is 1070 g/mol. The Kier molecular flexibility index (Phi) is 13.7. The van der Waals surface area contributed by atoms with E-state index in [2.05, 4.69) is 27.0 Å². The molecule has 76 heavy (non-hydrogen) atoms. The molecule has 0 aliphatic carbocycles. The molecule has 3 unspecified atom stereocenters. The number of methoxy groups -OCH3 is 1. The molecule has 422 valence electrons. The van der Waals surface area contributed by atoms with Crippen LogP contribution in [0.1, 0.15) is 155 Å². The van der Waals surface area contributed by atoms with E-state index in [1.54, 1.807) is 7.11 Å². The second kappa shape index (κ2) is 20.1. The van der Waals surface area contributed by atoms with Crippen molar-refractivity contribution in [2.45, 2.75) is 307 Å². The van der Waals surface area contributed by atoms with Crippen molar-refractivity contribution in [3.8, 4) is 0 Å². The highest BCUT2D eigenvalue weighted by molar-refractivity contribution is 5.70. The molecule has 27 atom stereocenters. The van der Waals surface area contributed by atoms with Crippen molar-refractivity contribution in [1.82, 2.24) is 0 Å². The number of carboxylic acids is 1. The molecule has 10 bridgehead atoms. The molecule has 0 aromatic heterocycles. The largest absolute Gasteiger partial charge is 0.481 e. The summed E-state index contributed by atoms with van der Waals surface area (Å²) in [7, 11) is 1.71. The van der Waals surface area contributed by atoms with Crippen molar-refractivity contribution in [2.24, 2.45) is 11.8 Å². The molecule has 0 saturated carbocycles. The molecule has 1 N–H and O–H groups in total. The fourth-order valence-corrected chi connectivity index (χ4v) is 17.0. The molecule has 3 spiro atoms. The molecule has 0 aromatic rings. The van der Waals surface area contributed by atoms with E-state index < -0.39 is 53.9 Å². The van der Waals surface area contributed by atoms with Crippen molar-refractivity contribution >= 4 is 11.9 Å². The van der Waals surface area contributed by atoms with E-state index in [4.69, 9.17) is 71.1 Å². The Hall–Kier alpha value is -2.14. The van der Waals surface area contributed by atoms with Crippen LogP contribution in [0, 0.1) is 11.8 Å². The first-order chi connectivity index (χ1) is 36.7. The van der Waals surface area contributed by atoms with Crippen LogP contribution in [0.15, 0.2) is 24.3 Å². The summed E-state index contributed by atoms with van der Waals surface area (Å²) in [5, 5.41) is 9.41. The first kappa shape index (κ1) is 52.0. The fourth-order valence-electron chi connectivity index (χ4n) is 17.0. The maximum Gasteiger partial charge on any atom is 0.308 e. The quantitative estimate of drug-likeness (QED) is 0.228. The average Bonchev–Trinajstić information content (AvgIpc) is 4.25. The molecule has 14 rings (SSSR count). The van der Waals surface area contributed by atoms with Crippen LogP contribution in [0.25, 0.3) is 0 Å². The predicted octanol–water partition coefficient (Wildman–Crippen LogP) is 6.83. The highest BCUT2D eigenvalue weighted by Gasteiger charge is 2.64. The van der Waals surface area contributed by atoms with E-state index in [9.17, 15) is 14.7 Å². The summed E-state index contributed by atoms with van der Waals surface area (Å²) < 4.78 is 102. The summed E-state index contributed by atoms with van der Waals surface area (Å²) in [6, 6.07) is 0. The predicted molar refractivity (Wildman–Crippen MR) is 265 cm³/mol. The number of rotatable bonds is 3. The van der Waals surface area contributed by atoms with Crippen LogP contribution in [0.5, 0.6) is 0 Å². The van der Waals surface area contributed by atoms with Crippen LogP contribution in [0.3, 0.4) is 0 Å². The van der Waals surface area contributed by atoms with Crippen LogP contribution < -0.4 is 0 Å². The van der Waals surface area contributed by atoms with Crippen molar-refractivity contribution in [3.63, 3.8) is 0 Å². The summed E-state index contributed by atoms with van der Waals surface area (Å²) in [5.41, 5.74) is 2.16. The zero-order chi connectivity index (χ0) is 51.8. The van der Waals surface area contributed by atoms with Gasteiger partial charge < -0.3 is 76.2 Å². The lowest BCUT2D eigenvalue weighted by Gasteiger charge is -2.53. The highest BCUT2D eigenvalue weighted by Crippen LogP contribution is 2.55. The van der Waals surface area contributed by atoms with Crippen LogP contribution in [0.4, 0.5) is 0 Å². The number of fused-ring (bicyclic) bond motifs is 13. The molecule has 18 nitrogen and oxygen atoms in total. The number of ether oxygens (including phenoxy) is 15. The van der Waals surface area contributed by atoms with Crippen molar-refractivity contribution < 1.29 is 85.7 Å². The van der Waals surface area contributed by atoms with Gasteiger partial charge in [-0.15, -0.1) is 0 Å². The number of carboxylic acid groups (broad SMARTS) is 1. The van der Waals surface area contributed by atoms with Crippen LogP contribution in [-0.4, -0.2) is 176 Å². The number of carbonyl (C=O) groups excluding carboxylic acids is 1. The highest BCUT2D eigenvalue weighted by atomic mass is 16.8. The summed E-state index contributed by atoms with van der Waals surface area (Å²) in [6.45, 7) is 13.5. The van der Waals surface area contributed by atoms with E-state index in [0.29, 0.717) is 70.6 Å². The second-order valence-electron chi connectivity index (χ2n) is 25.8. The van der Waals surface area contributed by atoms with Gasteiger partial charge in [-0.05, 0) is 93.6 Å². The lowest BCUT2D eigenvalue weighted by molar-refractivity contribution is -0.358. The van der Waals surface area contributed by atoms with Gasteiger partial charge in [-0.3, -0.25) is 9.59 Å². The normalized spacial score (nSPS) is 54.9. The van der Waals surface area contributed by atoms with Gasteiger partial charge in [0.25, 0.3) is 0 Å². The van der Waals surface area contributed by atoms with Gasteiger partial charge in [0, 0.05) is 64.9 Å². The topological polar surface area (TPSA) is 193 Å². The van der Waals surface area contributed by atoms with E-state index in [1.165, 1.54) is 0 Å². The van der Waals surface area contributed by atoms with Crippen LogP contribution >= 0.6 is 0 Å². The van der Waals surface area contributed by atoms with Gasteiger partial charge in [0.15, 0.2) is 17.4 Å². The first-order valence-corrected chi connectivity index (χ1v) is 29.6. The van der Waals surface area contributed by atoms with Crippen molar-refractivity contribution in [2.75, 3.05) is 7.11 Å². The van der Waals surface area contributed by atoms with Gasteiger partial charge in [0.2, 0.25) is 0 Å². The molecule has 0 radical (unpaired) electrons. The zero-order valence-corrected chi connectivity index (χ0v) is 44.7. The Balaban J connectivity index is 0.678. The Morgan fingerprint density at radius 1 is 0.539 bits per heavy atom. The molecule has 14 fully saturated rings. The monoisotopic (exact) mass is 1070 g/mol. The van der Waals surface area contributed by atoms with Crippen LogP contribution in [-0.2, 0) is 80.6 Å². The smallest absolute Gasteiger partial charge is 0.308 e. The number of hydrogen-bond donors (Lipinski definition) is 1. The summed E-state index contributed by atoms with van der Waals surface area (Å²) in [6.07, 6.45) is 8.22. The van der Waals surface area contributed by atoms with Crippen molar-refractivity contribution in [3.05, 3.63) is 24.3 Å².